The predicted octanol–water partition coefficient (Wildman–Crippen LogP) is 2.80. The smallest absolute Gasteiger partial charge is 0.229 e. The van der Waals surface area contributed by atoms with Gasteiger partial charge >= 0.3 is 0 Å². The van der Waals surface area contributed by atoms with Crippen molar-refractivity contribution in [1.82, 2.24) is 9.80 Å². The first-order valence-electron chi connectivity index (χ1n) is 16.7. The summed E-state index contributed by atoms with van der Waals surface area (Å²) in [5, 5.41) is 63.3. The first-order chi connectivity index (χ1) is 22.6. The lowest BCUT2D eigenvalue weighted by atomic mass is 9.96. The average molecular weight is 655 g/mol. The van der Waals surface area contributed by atoms with Gasteiger partial charge in [-0.3, -0.25) is 14.6 Å². The van der Waals surface area contributed by atoms with E-state index in [0.717, 1.165) is 51.6 Å². The minimum Gasteiger partial charge on any atom is -0.507 e. The van der Waals surface area contributed by atoms with Gasteiger partial charge in [-0.15, -0.1) is 0 Å². The van der Waals surface area contributed by atoms with Crippen LogP contribution in [0.5, 0.6) is 17.2 Å². The van der Waals surface area contributed by atoms with Gasteiger partial charge < -0.3 is 44.5 Å². The molecule has 0 spiro atoms. The van der Waals surface area contributed by atoms with Crippen molar-refractivity contribution in [2.45, 2.75) is 108 Å². The Kier molecular flexibility index (Phi) is 10.1. The molecule has 0 bridgehead atoms. The van der Waals surface area contributed by atoms with Gasteiger partial charge in [0.05, 0.1) is 23.3 Å². The van der Waals surface area contributed by atoms with Crippen LogP contribution in [0.2, 0.25) is 0 Å². The molecule has 3 saturated heterocycles. The van der Waals surface area contributed by atoms with Gasteiger partial charge in [0.2, 0.25) is 11.7 Å². The molecule has 6 N–H and O–H groups in total. The summed E-state index contributed by atoms with van der Waals surface area (Å²) in [4.78, 5) is 18.7. The average Bonchev–Trinajstić information content (AvgIpc) is 3.07. The van der Waals surface area contributed by atoms with E-state index in [1.54, 1.807) is 24.3 Å². The molecule has 3 aliphatic heterocycles. The number of fused-ring (bicyclic) bond motifs is 1. The zero-order chi connectivity index (χ0) is 33.4. The summed E-state index contributed by atoms with van der Waals surface area (Å²) in [6.07, 6.45) is 0.634. The molecule has 12 nitrogen and oxygen atoms in total. The summed E-state index contributed by atoms with van der Waals surface area (Å²) in [5.41, 5.74) is 1.24. The molecule has 0 radical (unpaired) electrons. The van der Waals surface area contributed by atoms with Gasteiger partial charge in [-0.05, 0) is 70.3 Å². The fourth-order valence-corrected chi connectivity index (χ4v) is 7.16. The maximum atomic E-state index is 14.2. The molecule has 0 saturated carbocycles. The van der Waals surface area contributed by atoms with Crippen LogP contribution >= 0.6 is 0 Å². The number of rotatable bonds is 8. The van der Waals surface area contributed by atoms with Crippen LogP contribution in [-0.4, -0.2) is 103 Å². The number of likely N-dealkylation sites (tertiary alicyclic amines) is 2. The number of phenols is 2. The zero-order valence-corrected chi connectivity index (χ0v) is 26.9. The third-order valence-corrected chi connectivity index (χ3v) is 10.2. The monoisotopic (exact) mass is 654 g/mol. The van der Waals surface area contributed by atoms with E-state index in [1.165, 1.54) is 6.26 Å². The van der Waals surface area contributed by atoms with Crippen molar-refractivity contribution in [1.29, 1.82) is 0 Å². The van der Waals surface area contributed by atoms with Crippen LogP contribution in [0.25, 0.3) is 22.1 Å². The first kappa shape index (κ1) is 33.7. The molecule has 6 rings (SSSR count). The molecule has 256 valence electrons. The number of piperidine rings is 2. The maximum Gasteiger partial charge on any atom is 0.229 e. The van der Waals surface area contributed by atoms with Crippen molar-refractivity contribution in [3.8, 4) is 28.4 Å². The number of benzene rings is 2. The summed E-state index contributed by atoms with van der Waals surface area (Å²) >= 11 is 0. The molecule has 3 aromatic rings. The van der Waals surface area contributed by atoms with Crippen molar-refractivity contribution in [2.75, 3.05) is 19.7 Å². The molecule has 3 aliphatic rings. The summed E-state index contributed by atoms with van der Waals surface area (Å²) in [5.74, 6) is -0.0630. The second-order valence-electron chi connectivity index (χ2n) is 13.3. The highest BCUT2D eigenvalue weighted by atomic mass is 16.7. The molecule has 3 fully saturated rings. The number of hydrogen-bond acceptors (Lipinski definition) is 12. The van der Waals surface area contributed by atoms with Crippen LogP contribution in [0.15, 0.2) is 39.7 Å². The molecule has 1 aromatic heterocycles. The lowest BCUT2D eigenvalue weighted by molar-refractivity contribution is -0.277. The number of nitrogens with zero attached hydrogens (tertiary/aromatic N) is 2. The molecule has 47 heavy (non-hydrogen) atoms. The Balaban J connectivity index is 1.36. The van der Waals surface area contributed by atoms with E-state index in [4.69, 9.17) is 13.9 Å². The van der Waals surface area contributed by atoms with E-state index >= 15 is 0 Å². The lowest BCUT2D eigenvalue weighted by Gasteiger charge is -2.39. The molecule has 4 heterocycles. The van der Waals surface area contributed by atoms with Gasteiger partial charge in [0.15, 0.2) is 0 Å². The quantitative estimate of drug-likeness (QED) is 0.210. The normalized spacial score (nSPS) is 29.3. The number of aliphatic hydroxyl groups is 4. The van der Waals surface area contributed by atoms with Crippen LogP contribution < -0.4 is 10.2 Å². The molecular weight excluding hydrogens is 608 g/mol. The van der Waals surface area contributed by atoms with Gasteiger partial charge in [0, 0.05) is 25.2 Å². The molecule has 7 atom stereocenters. The van der Waals surface area contributed by atoms with Crippen molar-refractivity contribution < 1.29 is 44.5 Å². The summed E-state index contributed by atoms with van der Waals surface area (Å²) in [6, 6.07) is 6.89. The fraction of sp³-hybridized carbons (Fsp3) is 0.571. The Labute approximate surface area is 273 Å². The van der Waals surface area contributed by atoms with E-state index in [-0.39, 0.29) is 39.8 Å². The molecule has 0 aliphatic carbocycles. The summed E-state index contributed by atoms with van der Waals surface area (Å²) < 4.78 is 17.2. The predicted molar refractivity (Wildman–Crippen MR) is 173 cm³/mol. The van der Waals surface area contributed by atoms with Gasteiger partial charge in [-0.1, -0.05) is 25.0 Å². The van der Waals surface area contributed by atoms with E-state index in [9.17, 15) is 35.4 Å². The molecule has 0 unspecified atom stereocenters. The third kappa shape index (κ3) is 6.60. The number of aromatic hydroxyl groups is 2. The van der Waals surface area contributed by atoms with Crippen molar-refractivity contribution in [3.05, 3.63) is 51.9 Å². The standard InChI is InChI=1S/C35H46N2O10/c1-19-7-3-5-13-36(19)15-23-28(39)24(16-37-14-6-4-8-20(37)2)34-27(29(23)40)30(41)25(18-45-34)21-9-11-22(12-10-21)46-35-33(44)32(43)31(42)26(17-38)47-35/h9-12,18-20,26,31-33,35,38-40,42-44H,3-8,13-17H2,1-2H3/t19-,20-,26-,31-,32+,33-,35-/m0/s1. The molecular formula is C35H46N2O10. The number of phenolic OH excluding ortho intramolecular Hbond substituents is 2. The van der Waals surface area contributed by atoms with Crippen LogP contribution in [-0.2, 0) is 17.8 Å². The first-order valence-corrected chi connectivity index (χ1v) is 16.7. The fourth-order valence-electron chi connectivity index (χ4n) is 7.16. The Morgan fingerprint density at radius 3 is 2.04 bits per heavy atom. The number of ether oxygens (including phenoxy) is 2. The van der Waals surface area contributed by atoms with Gasteiger partial charge in [-0.25, -0.2) is 0 Å². The number of aliphatic hydroxyl groups excluding tert-OH is 4. The lowest BCUT2D eigenvalue weighted by Crippen LogP contribution is -2.60. The molecule has 0 amide bonds. The van der Waals surface area contributed by atoms with E-state index < -0.39 is 42.7 Å². The van der Waals surface area contributed by atoms with E-state index in [1.807, 2.05) is 0 Å². The highest BCUT2D eigenvalue weighted by Gasteiger charge is 2.44. The van der Waals surface area contributed by atoms with Crippen LogP contribution in [0.4, 0.5) is 0 Å². The van der Waals surface area contributed by atoms with Crippen molar-refractivity contribution >= 4 is 11.0 Å². The number of hydrogen-bond donors (Lipinski definition) is 6. The summed E-state index contributed by atoms with van der Waals surface area (Å²) in [7, 11) is 0. The van der Waals surface area contributed by atoms with Gasteiger partial charge in [0.25, 0.3) is 0 Å². The van der Waals surface area contributed by atoms with Crippen molar-refractivity contribution in [2.24, 2.45) is 0 Å². The maximum absolute atomic E-state index is 14.2. The van der Waals surface area contributed by atoms with Crippen LogP contribution in [0.1, 0.15) is 63.5 Å². The summed E-state index contributed by atoms with van der Waals surface area (Å²) in [6.45, 7) is 6.12. The highest BCUT2D eigenvalue weighted by molar-refractivity contribution is 5.92. The Hall–Kier alpha value is -3.23. The second kappa shape index (κ2) is 14.1. The molecule has 2 aromatic carbocycles. The Morgan fingerprint density at radius 2 is 1.45 bits per heavy atom. The Morgan fingerprint density at radius 1 is 0.830 bits per heavy atom. The second-order valence-corrected chi connectivity index (χ2v) is 13.3. The van der Waals surface area contributed by atoms with Crippen LogP contribution in [0.3, 0.4) is 0 Å². The SMILES string of the molecule is C[C@H]1CCCCN1Cc1c(O)c(CN2CCCC[C@@H]2C)c2occ(-c3ccc(O[C@H]4O[C@@H](CO)[C@H](O)[C@@H](O)[C@@H]4O)cc3)c(=O)c2c1O. The topological polar surface area (TPSA) is 177 Å². The van der Waals surface area contributed by atoms with Crippen LogP contribution in [0, 0.1) is 0 Å². The van der Waals surface area contributed by atoms with Crippen molar-refractivity contribution in [3.63, 3.8) is 0 Å². The van der Waals surface area contributed by atoms with E-state index in [0.29, 0.717) is 35.8 Å². The minimum absolute atomic E-state index is 0.0290. The van der Waals surface area contributed by atoms with Gasteiger partial charge in [-0.2, -0.15) is 0 Å². The third-order valence-electron chi connectivity index (χ3n) is 10.2. The largest absolute Gasteiger partial charge is 0.507 e. The Bertz CT molecular complexity index is 1610. The van der Waals surface area contributed by atoms with E-state index in [2.05, 4.69) is 23.6 Å². The minimum atomic E-state index is -1.58. The highest BCUT2D eigenvalue weighted by Crippen LogP contribution is 2.42. The molecule has 12 heteroatoms. The zero-order valence-electron chi connectivity index (χ0n) is 26.9. The van der Waals surface area contributed by atoms with Gasteiger partial charge in [0.1, 0.15) is 58.9 Å².